The second-order valence-corrected chi connectivity index (χ2v) is 18.9. The summed E-state index contributed by atoms with van der Waals surface area (Å²) in [6.07, 6.45) is 17.2. The van der Waals surface area contributed by atoms with Crippen LogP contribution in [-0.2, 0) is 59.6 Å². The van der Waals surface area contributed by atoms with E-state index in [1.807, 2.05) is 56.4 Å². The van der Waals surface area contributed by atoms with Crippen molar-refractivity contribution in [1.29, 1.82) is 0 Å². The van der Waals surface area contributed by atoms with Gasteiger partial charge < -0.3 is 33.7 Å². The Bertz CT molecular complexity index is 2300. The van der Waals surface area contributed by atoms with Crippen LogP contribution in [-0.4, -0.2) is 120 Å². The van der Waals surface area contributed by atoms with Crippen LogP contribution in [0, 0.1) is 0 Å². The van der Waals surface area contributed by atoms with Crippen LogP contribution in [0.5, 0.6) is 0 Å². The van der Waals surface area contributed by atoms with E-state index in [4.69, 9.17) is 24.1 Å². The molecule has 2 heterocycles. The number of benzene rings is 2. The highest BCUT2D eigenvalue weighted by Crippen LogP contribution is 2.51. The second kappa shape index (κ2) is 23.6. The lowest BCUT2D eigenvalue weighted by molar-refractivity contribution is -0.438. The predicted molar refractivity (Wildman–Crippen MR) is 241 cm³/mol. The van der Waals surface area contributed by atoms with Gasteiger partial charge in [-0.2, -0.15) is 21.4 Å². The Balaban J connectivity index is 1.67. The summed E-state index contributed by atoms with van der Waals surface area (Å²) in [6, 6.07) is 9.16. The molecule has 0 spiro atoms. The van der Waals surface area contributed by atoms with E-state index >= 15 is 0 Å². The van der Waals surface area contributed by atoms with E-state index in [1.54, 1.807) is 26.4 Å². The number of methoxy groups -OCH3 is 2. The number of anilines is 1. The fourth-order valence-electron chi connectivity index (χ4n) is 8.21. The first kappa shape index (κ1) is 51.3. The molecule has 0 radical (unpaired) electrons. The van der Waals surface area contributed by atoms with Crippen molar-refractivity contribution in [2.24, 2.45) is 0 Å². The minimum absolute atomic E-state index is 0.0416. The maximum Gasteiger partial charge on any atom is 0.303 e. The number of ketones is 1. The van der Waals surface area contributed by atoms with Crippen LogP contribution in [0.2, 0.25) is 0 Å². The number of carboxylic acid groups (broad SMARTS) is 1. The molecule has 15 nitrogen and oxygen atoms in total. The number of unbranched alkanes of at least 4 members (excludes halogenated alkanes) is 2. The van der Waals surface area contributed by atoms with Crippen LogP contribution in [0.3, 0.4) is 0 Å². The monoisotopic (exact) mass is 915 g/mol. The highest BCUT2D eigenvalue weighted by Gasteiger charge is 2.48. The van der Waals surface area contributed by atoms with Gasteiger partial charge in [0.2, 0.25) is 5.69 Å². The van der Waals surface area contributed by atoms with Gasteiger partial charge in [-0.25, -0.2) is 0 Å². The lowest BCUT2D eigenvalue weighted by Crippen LogP contribution is -2.32. The average Bonchev–Trinajstić information content (AvgIpc) is 3.59. The largest absolute Gasteiger partial charge is 0.481 e. The molecule has 0 saturated carbocycles. The highest BCUT2D eigenvalue weighted by molar-refractivity contribution is 7.86. The number of carbonyl (C=O) groups is 2. The highest BCUT2D eigenvalue weighted by atomic mass is 32.2. The van der Waals surface area contributed by atoms with E-state index in [-0.39, 0.29) is 22.0 Å². The molecule has 346 valence electrons. The Morgan fingerprint density at radius 1 is 0.714 bits per heavy atom. The first-order chi connectivity index (χ1) is 29.9. The molecule has 0 amide bonds. The molecule has 0 fully saturated rings. The van der Waals surface area contributed by atoms with Gasteiger partial charge in [0.05, 0.1) is 48.2 Å². The molecule has 17 heteroatoms. The average molecular weight is 916 g/mol. The third-order valence-corrected chi connectivity index (χ3v) is 13.2. The molecular formula is C46H63N2O13S2+. The van der Waals surface area contributed by atoms with Gasteiger partial charge in [0.1, 0.15) is 12.3 Å². The van der Waals surface area contributed by atoms with Crippen LogP contribution < -0.4 is 4.90 Å². The summed E-state index contributed by atoms with van der Waals surface area (Å²) < 4.78 is 93.0. The van der Waals surface area contributed by atoms with Crippen LogP contribution >= 0.6 is 0 Å². The maximum atomic E-state index is 12.3. The summed E-state index contributed by atoms with van der Waals surface area (Å²) in [5, 5.41) is 9.14. The summed E-state index contributed by atoms with van der Waals surface area (Å²) in [5.74, 6) is -0.814. The number of carbonyl (C=O) groups excluding carboxylic acids is 1. The number of hydrogen-bond donors (Lipinski definition) is 3. The van der Waals surface area contributed by atoms with Crippen molar-refractivity contribution in [1.82, 2.24) is 0 Å². The van der Waals surface area contributed by atoms with Gasteiger partial charge in [-0.3, -0.25) is 13.9 Å². The topological polar surface area (TPSA) is 206 Å². The van der Waals surface area contributed by atoms with E-state index in [2.05, 4.69) is 9.48 Å². The Morgan fingerprint density at radius 2 is 1.33 bits per heavy atom. The van der Waals surface area contributed by atoms with Gasteiger partial charge in [-0.05, 0) is 94.8 Å². The fraction of sp³-hybridized carbons (Fsp3) is 0.500. The fourth-order valence-corrected chi connectivity index (χ4v) is 9.23. The van der Waals surface area contributed by atoms with Crippen molar-refractivity contribution in [2.45, 2.75) is 92.8 Å². The number of Topliss-reactive ketones (excluding diaryl/α,β-unsaturated/α-hetero) is 1. The minimum Gasteiger partial charge on any atom is -0.481 e. The standard InChI is InChI=1S/C46H62N2O13S2/c1-35(49)15-14-23-45(2)38-33-36(62(52,53)54)19-21-40(38)47(25-13-9-12-18-44(50)51)42(45)16-10-7-6-8-11-17-43-46(3,24-27-60-31-32-61-30-29-59-5)39-34-37(63(55,56)57)20-22-41(39)48(43)26-28-58-4/h6-8,10-11,16-17,19-22,33-34H,9,12-15,18,23-32H2,1-5H3,(H2-,50,51,52,53,54,55,56,57)/p+1. The molecule has 2 aliphatic rings. The van der Waals surface area contributed by atoms with Crippen LogP contribution in [0.15, 0.2) is 94.4 Å². The number of rotatable bonds is 28. The van der Waals surface area contributed by atoms with Gasteiger partial charge in [-0.1, -0.05) is 30.4 Å². The quantitative estimate of drug-likeness (QED) is 0.0341. The summed E-state index contributed by atoms with van der Waals surface area (Å²) >= 11 is 0. The summed E-state index contributed by atoms with van der Waals surface area (Å²) in [6.45, 7) is 8.99. The first-order valence-electron chi connectivity index (χ1n) is 21.1. The van der Waals surface area contributed by atoms with Gasteiger partial charge in [0.15, 0.2) is 5.71 Å². The third kappa shape index (κ3) is 13.8. The zero-order chi connectivity index (χ0) is 46.3. The van der Waals surface area contributed by atoms with Crippen molar-refractivity contribution < 1.29 is 64.2 Å². The Hall–Kier alpha value is -4.33. The van der Waals surface area contributed by atoms with Gasteiger partial charge in [-0.15, -0.1) is 0 Å². The SMILES string of the molecule is COCCOCCOCCC1(C)\C(=C/C=C/C=C/C=C/C2=[N+](CCCCCC(=O)O)c3ccc(S(=O)(=O)O)cc3C2(C)CCCC(C)=O)N(CCOC)c2ccc(S(=O)(=O)O)cc21. The van der Waals surface area contributed by atoms with Crippen molar-refractivity contribution in [3.05, 3.63) is 95.8 Å². The van der Waals surface area contributed by atoms with E-state index in [1.165, 1.54) is 31.2 Å². The van der Waals surface area contributed by atoms with Crippen molar-refractivity contribution in [3.8, 4) is 0 Å². The number of allylic oxidation sites excluding steroid dienone is 8. The Labute approximate surface area is 372 Å². The molecular weight excluding hydrogens is 853 g/mol. The molecule has 2 unspecified atom stereocenters. The van der Waals surface area contributed by atoms with Crippen molar-refractivity contribution >= 4 is 49.1 Å². The molecule has 2 aromatic carbocycles. The number of ether oxygens (including phenoxy) is 4. The summed E-state index contributed by atoms with van der Waals surface area (Å²) in [5.41, 5.74) is 3.33. The molecule has 0 aromatic heterocycles. The number of hydrogen-bond acceptors (Lipinski definition) is 11. The maximum absolute atomic E-state index is 12.3. The van der Waals surface area contributed by atoms with Gasteiger partial charge >= 0.3 is 5.97 Å². The molecule has 0 bridgehead atoms. The van der Waals surface area contributed by atoms with Gasteiger partial charge in [0, 0.05) is 81.1 Å². The molecule has 0 aliphatic carbocycles. The second-order valence-electron chi connectivity index (χ2n) is 16.1. The van der Waals surface area contributed by atoms with Crippen molar-refractivity contribution in [2.75, 3.05) is 71.9 Å². The molecule has 0 saturated heterocycles. The van der Waals surface area contributed by atoms with Crippen molar-refractivity contribution in [3.63, 3.8) is 0 Å². The number of aliphatic carboxylic acids is 1. The lowest BCUT2D eigenvalue weighted by atomic mass is 9.75. The van der Waals surface area contributed by atoms with Crippen LogP contribution in [0.25, 0.3) is 0 Å². The zero-order valence-electron chi connectivity index (χ0n) is 37.0. The number of fused-ring (bicyclic) bond motifs is 2. The summed E-state index contributed by atoms with van der Waals surface area (Å²) in [4.78, 5) is 24.8. The Kier molecular flexibility index (Phi) is 19.2. The van der Waals surface area contributed by atoms with Gasteiger partial charge in [0.25, 0.3) is 20.2 Å². The molecule has 2 aliphatic heterocycles. The van der Waals surface area contributed by atoms with Crippen LogP contribution in [0.4, 0.5) is 11.4 Å². The third-order valence-electron chi connectivity index (χ3n) is 11.5. The zero-order valence-corrected chi connectivity index (χ0v) is 38.6. The Morgan fingerprint density at radius 3 is 1.98 bits per heavy atom. The predicted octanol–water partition coefficient (Wildman–Crippen LogP) is 6.99. The number of carboxylic acids is 1. The molecule has 3 N–H and O–H groups in total. The normalized spacial score (nSPS) is 19.7. The molecule has 2 aromatic rings. The minimum atomic E-state index is -4.50. The first-order valence-corrected chi connectivity index (χ1v) is 24.0. The molecule has 4 rings (SSSR count). The lowest BCUT2D eigenvalue weighted by Gasteiger charge is -2.30. The number of nitrogens with zero attached hydrogens (tertiary/aromatic N) is 2. The van der Waals surface area contributed by atoms with E-state index in [0.29, 0.717) is 103 Å². The van der Waals surface area contributed by atoms with E-state index in [9.17, 15) is 35.5 Å². The molecule has 63 heavy (non-hydrogen) atoms. The smallest absolute Gasteiger partial charge is 0.303 e. The summed E-state index contributed by atoms with van der Waals surface area (Å²) in [7, 11) is -5.77. The van der Waals surface area contributed by atoms with E-state index < -0.39 is 37.0 Å². The molecule has 2 atom stereocenters. The van der Waals surface area contributed by atoms with E-state index in [0.717, 1.165) is 28.3 Å². The van der Waals surface area contributed by atoms with Crippen LogP contribution in [0.1, 0.15) is 83.3 Å².